The van der Waals surface area contributed by atoms with Gasteiger partial charge in [0.25, 0.3) is 0 Å². The minimum Gasteiger partial charge on any atom is -0.398 e. The van der Waals surface area contributed by atoms with Crippen molar-refractivity contribution in [3.63, 3.8) is 0 Å². The van der Waals surface area contributed by atoms with Gasteiger partial charge in [-0.3, -0.25) is 0 Å². The third kappa shape index (κ3) is 3.92. The van der Waals surface area contributed by atoms with Crippen molar-refractivity contribution in [2.75, 3.05) is 25.5 Å². The highest BCUT2D eigenvalue weighted by Gasteiger charge is 2.32. The highest BCUT2D eigenvalue weighted by molar-refractivity contribution is 9.10. The molecule has 1 saturated heterocycles. The van der Waals surface area contributed by atoms with Crippen molar-refractivity contribution in [2.24, 2.45) is 0 Å². The van der Waals surface area contributed by atoms with Gasteiger partial charge in [0.1, 0.15) is 10.7 Å². The predicted molar refractivity (Wildman–Crippen MR) is 78.7 cm³/mol. The van der Waals surface area contributed by atoms with Crippen molar-refractivity contribution in [3.8, 4) is 0 Å². The molecule has 1 aromatic rings. The van der Waals surface area contributed by atoms with Crippen LogP contribution in [-0.2, 0) is 14.8 Å². The summed E-state index contributed by atoms with van der Waals surface area (Å²) >= 11 is 3.02. The molecular weight excluding hydrogens is 367 g/mol. The van der Waals surface area contributed by atoms with Crippen LogP contribution in [-0.4, -0.2) is 38.9 Å². The number of rotatable bonds is 4. The number of ether oxygens (including phenoxy) is 1. The first-order chi connectivity index (χ1) is 9.73. The van der Waals surface area contributed by atoms with Crippen LogP contribution < -0.4 is 10.5 Å². The second kappa shape index (κ2) is 6.17. The van der Waals surface area contributed by atoms with Crippen molar-refractivity contribution in [1.82, 2.24) is 4.72 Å². The summed E-state index contributed by atoms with van der Waals surface area (Å²) in [5, 5.41) is 10.2. The van der Waals surface area contributed by atoms with E-state index in [2.05, 4.69) is 20.7 Å². The van der Waals surface area contributed by atoms with Gasteiger partial charge in [0.15, 0.2) is 0 Å². The average Bonchev–Trinajstić information content (AvgIpc) is 2.42. The lowest BCUT2D eigenvalue weighted by atomic mass is 9.95. The molecule has 1 aliphatic heterocycles. The summed E-state index contributed by atoms with van der Waals surface area (Å²) in [6.07, 6.45) is 0.640. The van der Waals surface area contributed by atoms with Crippen molar-refractivity contribution < 1.29 is 22.7 Å². The lowest BCUT2D eigenvalue weighted by molar-refractivity contribution is -0.0588. The standard InChI is InChI=1S/C12H16BrFN2O4S/c13-8-5-9(14)11(6-10(8)15)21(18,19)16-7-12(17)1-3-20-4-2-12/h5-6,16-17H,1-4,7,15H2. The molecule has 1 aliphatic rings. The molecule has 0 unspecified atom stereocenters. The van der Waals surface area contributed by atoms with E-state index in [1.807, 2.05) is 0 Å². The fraction of sp³-hybridized carbons (Fsp3) is 0.500. The van der Waals surface area contributed by atoms with Crippen LogP contribution in [0.2, 0.25) is 0 Å². The monoisotopic (exact) mass is 382 g/mol. The Morgan fingerprint density at radius 1 is 1.43 bits per heavy atom. The van der Waals surface area contributed by atoms with Crippen molar-refractivity contribution in [3.05, 3.63) is 22.4 Å². The van der Waals surface area contributed by atoms with Crippen LogP contribution in [0.5, 0.6) is 0 Å². The number of hydrogen-bond acceptors (Lipinski definition) is 5. The second-order valence-electron chi connectivity index (χ2n) is 4.97. The zero-order chi connectivity index (χ0) is 15.7. The fourth-order valence-electron chi connectivity index (χ4n) is 1.99. The van der Waals surface area contributed by atoms with Crippen LogP contribution in [0, 0.1) is 5.82 Å². The van der Waals surface area contributed by atoms with E-state index in [9.17, 15) is 17.9 Å². The van der Waals surface area contributed by atoms with Gasteiger partial charge in [0, 0.05) is 42.8 Å². The molecule has 0 atom stereocenters. The number of aliphatic hydroxyl groups is 1. The average molecular weight is 383 g/mol. The molecule has 0 radical (unpaired) electrons. The number of sulfonamides is 1. The maximum absolute atomic E-state index is 13.8. The lowest BCUT2D eigenvalue weighted by Gasteiger charge is -2.32. The SMILES string of the molecule is Nc1cc(S(=O)(=O)NCC2(O)CCOCC2)c(F)cc1Br. The number of nitrogens with one attached hydrogen (secondary N) is 1. The summed E-state index contributed by atoms with van der Waals surface area (Å²) in [4.78, 5) is -0.543. The van der Waals surface area contributed by atoms with Crippen molar-refractivity contribution >= 4 is 31.6 Å². The van der Waals surface area contributed by atoms with Gasteiger partial charge in [0.05, 0.1) is 5.60 Å². The number of hydrogen-bond donors (Lipinski definition) is 3. The smallest absolute Gasteiger partial charge is 0.243 e. The molecule has 9 heteroatoms. The van der Waals surface area contributed by atoms with Crippen LogP contribution >= 0.6 is 15.9 Å². The van der Waals surface area contributed by atoms with Crippen LogP contribution in [0.1, 0.15) is 12.8 Å². The molecule has 0 bridgehead atoms. The van der Waals surface area contributed by atoms with E-state index in [-0.39, 0.29) is 16.7 Å². The van der Waals surface area contributed by atoms with Gasteiger partial charge in [-0.2, -0.15) is 0 Å². The molecule has 4 N–H and O–H groups in total. The largest absolute Gasteiger partial charge is 0.398 e. The summed E-state index contributed by atoms with van der Waals surface area (Å²) in [6, 6.07) is 2.03. The molecule has 0 saturated carbocycles. The molecule has 21 heavy (non-hydrogen) atoms. The maximum atomic E-state index is 13.8. The molecule has 1 aromatic carbocycles. The van der Waals surface area contributed by atoms with Gasteiger partial charge < -0.3 is 15.6 Å². The summed E-state index contributed by atoms with van der Waals surface area (Å²) < 4.78 is 45.7. The maximum Gasteiger partial charge on any atom is 0.243 e. The Hall–Kier alpha value is -0.740. The molecule has 0 spiro atoms. The number of halogens is 2. The number of nitrogen functional groups attached to an aromatic ring is 1. The molecular formula is C12H16BrFN2O4S. The molecule has 6 nitrogen and oxygen atoms in total. The van der Waals surface area contributed by atoms with Crippen LogP contribution in [0.25, 0.3) is 0 Å². The normalized spacial score (nSPS) is 18.6. The Balaban J connectivity index is 2.17. The predicted octanol–water partition coefficient (Wildman–Crippen LogP) is 0.990. The first-order valence-electron chi connectivity index (χ1n) is 6.28. The molecule has 1 fully saturated rings. The first-order valence-corrected chi connectivity index (χ1v) is 8.55. The number of anilines is 1. The molecule has 1 heterocycles. The Bertz CT molecular complexity index is 632. The van der Waals surface area contributed by atoms with Crippen molar-refractivity contribution in [1.29, 1.82) is 0 Å². The van der Waals surface area contributed by atoms with Gasteiger partial charge >= 0.3 is 0 Å². The third-order valence-corrected chi connectivity index (χ3v) is 5.46. The number of benzene rings is 1. The summed E-state index contributed by atoms with van der Waals surface area (Å²) in [7, 11) is -4.09. The quantitative estimate of drug-likeness (QED) is 0.674. The van der Waals surface area contributed by atoms with Crippen molar-refractivity contribution in [2.45, 2.75) is 23.3 Å². The topological polar surface area (TPSA) is 102 Å². The van der Waals surface area contributed by atoms with E-state index in [1.54, 1.807) is 0 Å². The van der Waals surface area contributed by atoms with Gasteiger partial charge in [0.2, 0.25) is 10.0 Å². The summed E-state index contributed by atoms with van der Waals surface area (Å²) in [5.74, 6) is -0.914. The van der Waals surface area contributed by atoms with Gasteiger partial charge in [-0.25, -0.2) is 17.5 Å². The van der Waals surface area contributed by atoms with E-state index in [0.717, 1.165) is 12.1 Å². The third-order valence-electron chi connectivity index (χ3n) is 3.36. The first kappa shape index (κ1) is 16.6. The zero-order valence-corrected chi connectivity index (χ0v) is 13.5. The Morgan fingerprint density at radius 3 is 2.67 bits per heavy atom. The second-order valence-corrected chi connectivity index (χ2v) is 7.56. The van der Waals surface area contributed by atoms with E-state index in [1.165, 1.54) is 0 Å². The van der Waals surface area contributed by atoms with Gasteiger partial charge in [-0.05, 0) is 28.1 Å². The van der Waals surface area contributed by atoms with E-state index < -0.39 is 26.3 Å². The minimum absolute atomic E-state index is 0.113. The molecule has 0 aliphatic carbocycles. The lowest BCUT2D eigenvalue weighted by Crippen LogP contribution is -2.46. The van der Waals surface area contributed by atoms with Gasteiger partial charge in [-0.15, -0.1) is 0 Å². The van der Waals surface area contributed by atoms with Crippen LogP contribution in [0.15, 0.2) is 21.5 Å². The Labute approximate surface area is 130 Å². The fourth-order valence-corrected chi connectivity index (χ4v) is 3.51. The Kier molecular flexibility index (Phi) is 4.89. The van der Waals surface area contributed by atoms with Crippen LogP contribution in [0.3, 0.4) is 0 Å². The highest BCUT2D eigenvalue weighted by atomic mass is 79.9. The summed E-state index contributed by atoms with van der Waals surface area (Å²) in [6.45, 7) is 0.518. The minimum atomic E-state index is -4.09. The Morgan fingerprint density at radius 2 is 2.05 bits per heavy atom. The van der Waals surface area contributed by atoms with Crippen LogP contribution in [0.4, 0.5) is 10.1 Å². The zero-order valence-electron chi connectivity index (χ0n) is 11.1. The van der Waals surface area contributed by atoms with E-state index >= 15 is 0 Å². The number of nitrogens with two attached hydrogens (primary N) is 1. The highest BCUT2D eigenvalue weighted by Crippen LogP contribution is 2.26. The van der Waals surface area contributed by atoms with E-state index in [0.29, 0.717) is 26.1 Å². The molecule has 2 rings (SSSR count). The van der Waals surface area contributed by atoms with Gasteiger partial charge in [-0.1, -0.05) is 0 Å². The summed E-state index contributed by atoms with van der Waals surface area (Å²) in [5.41, 5.74) is 4.51. The molecule has 0 amide bonds. The van der Waals surface area contributed by atoms with E-state index in [4.69, 9.17) is 10.5 Å². The molecule has 0 aromatic heterocycles. The molecule has 118 valence electrons.